The van der Waals surface area contributed by atoms with Gasteiger partial charge in [-0.15, -0.1) is 0 Å². The minimum atomic E-state index is -3.39. The van der Waals surface area contributed by atoms with Crippen LogP contribution in [0, 0.1) is 5.92 Å². The lowest BCUT2D eigenvalue weighted by molar-refractivity contribution is 0.359. The number of hydrogen-bond donors (Lipinski definition) is 3. The van der Waals surface area contributed by atoms with Crippen LogP contribution in [0.3, 0.4) is 0 Å². The molecule has 4 N–H and O–H groups in total. The lowest BCUT2D eigenvalue weighted by Gasteiger charge is -2.29. The fourth-order valence-electron chi connectivity index (χ4n) is 1.82. The maximum Gasteiger partial charge on any atom is 0.277 e. The Labute approximate surface area is 98.4 Å². The van der Waals surface area contributed by atoms with Gasteiger partial charge in [-0.1, -0.05) is 26.7 Å². The summed E-state index contributed by atoms with van der Waals surface area (Å²) in [6.07, 6.45) is 3.88. The predicted octanol–water partition coefficient (Wildman–Crippen LogP) is 0.336. The van der Waals surface area contributed by atoms with Crippen LogP contribution in [0.2, 0.25) is 0 Å². The van der Waals surface area contributed by atoms with Crippen molar-refractivity contribution in [2.75, 3.05) is 6.54 Å². The molecule has 16 heavy (non-hydrogen) atoms. The summed E-state index contributed by atoms with van der Waals surface area (Å²) in [6, 6.07) is -0.164. The topological polar surface area (TPSA) is 84.2 Å². The Morgan fingerprint density at radius 1 is 1.31 bits per heavy atom. The van der Waals surface area contributed by atoms with Crippen molar-refractivity contribution in [3.05, 3.63) is 0 Å². The minimum absolute atomic E-state index is 0.0515. The van der Waals surface area contributed by atoms with E-state index < -0.39 is 10.2 Å². The highest BCUT2D eigenvalue weighted by atomic mass is 32.2. The highest BCUT2D eigenvalue weighted by Gasteiger charge is 2.25. The summed E-state index contributed by atoms with van der Waals surface area (Å²) in [5.74, 6) is 0.302. The molecule has 1 aliphatic rings. The highest BCUT2D eigenvalue weighted by Crippen LogP contribution is 2.17. The van der Waals surface area contributed by atoms with E-state index in [1.807, 2.05) is 13.8 Å². The number of hydrogen-bond acceptors (Lipinski definition) is 3. The van der Waals surface area contributed by atoms with E-state index in [9.17, 15) is 8.42 Å². The van der Waals surface area contributed by atoms with Crippen LogP contribution in [0.1, 0.15) is 39.5 Å². The van der Waals surface area contributed by atoms with Crippen molar-refractivity contribution in [1.29, 1.82) is 0 Å². The smallest absolute Gasteiger partial charge is 0.277 e. The van der Waals surface area contributed by atoms with Gasteiger partial charge in [-0.05, 0) is 18.8 Å². The Bertz CT molecular complexity index is 303. The zero-order chi connectivity index (χ0) is 12.2. The van der Waals surface area contributed by atoms with Crippen LogP contribution < -0.4 is 15.2 Å². The summed E-state index contributed by atoms with van der Waals surface area (Å²) in [5.41, 5.74) is 5.89. The van der Waals surface area contributed by atoms with Gasteiger partial charge in [-0.3, -0.25) is 0 Å². The Morgan fingerprint density at radius 2 is 1.94 bits per heavy atom. The fraction of sp³-hybridized carbons (Fsp3) is 1.00. The molecule has 1 saturated carbocycles. The molecule has 0 aromatic rings. The Hall–Kier alpha value is -0.170. The van der Waals surface area contributed by atoms with E-state index in [4.69, 9.17) is 5.73 Å². The molecule has 6 heteroatoms. The average Bonchev–Trinajstić information content (AvgIpc) is 2.19. The van der Waals surface area contributed by atoms with E-state index in [1.165, 1.54) is 0 Å². The molecule has 0 aliphatic heterocycles. The molecule has 0 saturated heterocycles. The largest absolute Gasteiger partial charge is 0.326 e. The summed E-state index contributed by atoms with van der Waals surface area (Å²) < 4.78 is 28.5. The van der Waals surface area contributed by atoms with Crippen LogP contribution in [-0.4, -0.2) is 27.0 Å². The number of nitrogens with one attached hydrogen (secondary N) is 2. The third-order valence-corrected chi connectivity index (χ3v) is 3.97. The van der Waals surface area contributed by atoms with Crippen molar-refractivity contribution in [2.45, 2.75) is 51.6 Å². The molecule has 96 valence electrons. The molecule has 1 rings (SSSR count). The second-order valence-corrected chi connectivity index (χ2v) is 6.45. The van der Waals surface area contributed by atoms with Crippen LogP contribution in [0.25, 0.3) is 0 Å². The van der Waals surface area contributed by atoms with Crippen molar-refractivity contribution >= 4 is 10.2 Å². The summed E-state index contributed by atoms with van der Waals surface area (Å²) in [5, 5.41) is 0. The van der Waals surface area contributed by atoms with Crippen LogP contribution in [0.15, 0.2) is 0 Å². The lowest BCUT2D eigenvalue weighted by Crippen LogP contribution is -2.52. The van der Waals surface area contributed by atoms with Gasteiger partial charge in [0.05, 0.1) is 0 Å². The number of rotatable bonds is 5. The Morgan fingerprint density at radius 3 is 2.50 bits per heavy atom. The van der Waals surface area contributed by atoms with Crippen molar-refractivity contribution in [3.8, 4) is 0 Å². The normalized spacial score (nSPS) is 27.2. The third-order valence-electron chi connectivity index (χ3n) is 2.81. The lowest BCUT2D eigenvalue weighted by atomic mass is 9.92. The van der Waals surface area contributed by atoms with Gasteiger partial charge in [-0.2, -0.15) is 13.1 Å². The first-order chi connectivity index (χ1) is 7.41. The quantitative estimate of drug-likeness (QED) is 0.657. The minimum Gasteiger partial charge on any atom is -0.326 e. The average molecular weight is 249 g/mol. The fourth-order valence-corrected chi connectivity index (χ4v) is 3.15. The first-order valence-electron chi connectivity index (χ1n) is 5.93. The molecule has 0 bridgehead atoms. The molecule has 0 radical (unpaired) electrons. The summed E-state index contributed by atoms with van der Waals surface area (Å²) >= 11 is 0. The third kappa shape index (κ3) is 4.78. The molecule has 0 heterocycles. The van der Waals surface area contributed by atoms with Crippen LogP contribution in [0.4, 0.5) is 0 Å². The van der Waals surface area contributed by atoms with Gasteiger partial charge >= 0.3 is 0 Å². The van der Waals surface area contributed by atoms with Gasteiger partial charge in [0.15, 0.2) is 0 Å². The summed E-state index contributed by atoms with van der Waals surface area (Å²) in [6.45, 7) is 4.39. The Balaban J connectivity index is 2.44. The molecule has 0 unspecified atom stereocenters. The zero-order valence-electron chi connectivity index (χ0n) is 10.1. The van der Waals surface area contributed by atoms with E-state index in [0.29, 0.717) is 12.5 Å². The predicted molar refractivity (Wildman–Crippen MR) is 65.1 cm³/mol. The van der Waals surface area contributed by atoms with Gasteiger partial charge in [0.1, 0.15) is 0 Å². The van der Waals surface area contributed by atoms with Crippen molar-refractivity contribution < 1.29 is 8.42 Å². The molecule has 1 fully saturated rings. The molecule has 1 aliphatic carbocycles. The van der Waals surface area contributed by atoms with Gasteiger partial charge < -0.3 is 5.73 Å². The van der Waals surface area contributed by atoms with Crippen molar-refractivity contribution in [3.63, 3.8) is 0 Å². The molecule has 5 nitrogen and oxygen atoms in total. The van der Waals surface area contributed by atoms with Crippen LogP contribution in [0.5, 0.6) is 0 Å². The molecule has 0 spiro atoms. The van der Waals surface area contributed by atoms with Gasteiger partial charge in [0, 0.05) is 18.6 Å². The van der Waals surface area contributed by atoms with Crippen molar-refractivity contribution in [1.82, 2.24) is 9.44 Å². The zero-order valence-corrected chi connectivity index (χ0v) is 10.9. The van der Waals surface area contributed by atoms with E-state index in [2.05, 4.69) is 9.44 Å². The van der Waals surface area contributed by atoms with E-state index in [-0.39, 0.29) is 12.1 Å². The first kappa shape index (κ1) is 13.9. The maximum atomic E-state index is 11.7. The SMILES string of the molecule is CC(C)CNS(=O)(=O)N[C@@H]1CCCC[C@H]1N. The molecule has 0 amide bonds. The molecule has 0 aromatic carbocycles. The molecule has 0 aromatic heterocycles. The first-order valence-corrected chi connectivity index (χ1v) is 7.41. The molecular weight excluding hydrogens is 226 g/mol. The maximum absolute atomic E-state index is 11.7. The van der Waals surface area contributed by atoms with E-state index in [1.54, 1.807) is 0 Å². The molecular formula is C10H23N3O2S. The van der Waals surface area contributed by atoms with Gasteiger partial charge in [0.25, 0.3) is 10.2 Å². The number of nitrogens with two attached hydrogens (primary N) is 1. The summed E-state index contributed by atoms with van der Waals surface area (Å²) in [7, 11) is -3.39. The van der Waals surface area contributed by atoms with E-state index in [0.717, 1.165) is 25.7 Å². The Kier molecular flexibility index (Phi) is 5.17. The monoisotopic (exact) mass is 249 g/mol. The van der Waals surface area contributed by atoms with Gasteiger partial charge in [0.2, 0.25) is 0 Å². The summed E-state index contributed by atoms with van der Waals surface area (Å²) in [4.78, 5) is 0. The van der Waals surface area contributed by atoms with Crippen LogP contribution in [-0.2, 0) is 10.2 Å². The van der Waals surface area contributed by atoms with E-state index >= 15 is 0 Å². The highest BCUT2D eigenvalue weighted by molar-refractivity contribution is 7.87. The second-order valence-electron chi connectivity index (χ2n) is 4.92. The standard InChI is InChI=1S/C10H23N3O2S/c1-8(2)7-12-16(14,15)13-10-6-4-3-5-9(10)11/h8-10,12-13H,3-7,11H2,1-2H3/t9-,10-/m1/s1. The molecule has 2 atom stereocenters. The van der Waals surface area contributed by atoms with Crippen LogP contribution >= 0.6 is 0 Å². The van der Waals surface area contributed by atoms with Crippen molar-refractivity contribution in [2.24, 2.45) is 11.7 Å². The second kappa shape index (κ2) is 5.95. The van der Waals surface area contributed by atoms with Gasteiger partial charge in [-0.25, -0.2) is 4.72 Å².